The topological polar surface area (TPSA) is 89.3 Å². The molecule has 1 atom stereocenters. The molecule has 1 aromatic rings. The van der Waals surface area contributed by atoms with E-state index in [0.29, 0.717) is 19.4 Å². The molecule has 114 valence electrons. The fourth-order valence-electron chi connectivity index (χ4n) is 1.66. The van der Waals surface area contributed by atoms with Crippen molar-refractivity contribution in [2.75, 3.05) is 12.8 Å². The van der Waals surface area contributed by atoms with E-state index in [2.05, 4.69) is 5.32 Å². The molecule has 0 saturated carbocycles. The predicted molar refractivity (Wildman–Crippen MR) is 81.6 cm³/mol. The van der Waals surface area contributed by atoms with Gasteiger partial charge in [-0.05, 0) is 37.6 Å². The number of nitrogens with one attached hydrogen (secondary N) is 1. The standard InChI is InChI=1S/C13H20N2O3S.ClH/c1-10(15-13(16)4-3-9-14)11-5-7-12(8-6-11)19(2,17)18;/h5-8,10H,3-4,9,14H2,1-2H3,(H,15,16);1H. The van der Waals surface area contributed by atoms with Crippen molar-refractivity contribution in [1.82, 2.24) is 5.32 Å². The average molecular weight is 321 g/mol. The van der Waals surface area contributed by atoms with Gasteiger partial charge >= 0.3 is 0 Å². The Morgan fingerprint density at radius 2 is 1.85 bits per heavy atom. The maximum Gasteiger partial charge on any atom is 0.220 e. The highest BCUT2D eigenvalue weighted by atomic mass is 35.5. The molecule has 1 amide bonds. The number of hydrogen-bond donors (Lipinski definition) is 2. The number of halogens is 1. The third-order valence-electron chi connectivity index (χ3n) is 2.79. The lowest BCUT2D eigenvalue weighted by atomic mass is 10.1. The van der Waals surface area contributed by atoms with Crippen molar-refractivity contribution in [3.8, 4) is 0 Å². The summed E-state index contributed by atoms with van der Waals surface area (Å²) < 4.78 is 22.7. The van der Waals surface area contributed by atoms with Crippen LogP contribution in [0.15, 0.2) is 29.2 Å². The van der Waals surface area contributed by atoms with Crippen LogP contribution in [0.5, 0.6) is 0 Å². The molecule has 1 aromatic carbocycles. The number of carbonyl (C=O) groups is 1. The molecule has 1 unspecified atom stereocenters. The average Bonchev–Trinajstić information content (AvgIpc) is 2.35. The molecular formula is C13H21ClN2O3S. The first-order valence-corrected chi connectivity index (χ1v) is 8.03. The molecule has 0 aliphatic carbocycles. The van der Waals surface area contributed by atoms with Crippen LogP contribution in [0.1, 0.15) is 31.4 Å². The molecule has 0 bridgehead atoms. The summed E-state index contributed by atoms with van der Waals surface area (Å²) in [5.74, 6) is -0.0508. The molecule has 0 aromatic heterocycles. The number of amides is 1. The summed E-state index contributed by atoms with van der Waals surface area (Å²) >= 11 is 0. The molecule has 0 radical (unpaired) electrons. The summed E-state index contributed by atoms with van der Waals surface area (Å²) in [7, 11) is -3.18. The second-order valence-corrected chi connectivity index (χ2v) is 6.54. The van der Waals surface area contributed by atoms with Crippen molar-refractivity contribution in [1.29, 1.82) is 0 Å². The van der Waals surface area contributed by atoms with Gasteiger partial charge in [-0.15, -0.1) is 12.4 Å². The largest absolute Gasteiger partial charge is 0.350 e. The van der Waals surface area contributed by atoms with E-state index in [1.54, 1.807) is 24.3 Å². The number of carbonyl (C=O) groups excluding carboxylic acids is 1. The Bertz CT molecular complexity index is 529. The summed E-state index contributed by atoms with van der Waals surface area (Å²) in [6, 6.07) is 6.37. The Balaban J connectivity index is 0.00000361. The van der Waals surface area contributed by atoms with E-state index >= 15 is 0 Å². The molecule has 0 heterocycles. The molecule has 0 aliphatic heterocycles. The van der Waals surface area contributed by atoms with Crippen molar-refractivity contribution in [2.45, 2.75) is 30.7 Å². The Kier molecular flexibility index (Phi) is 7.78. The third kappa shape index (κ3) is 5.90. The van der Waals surface area contributed by atoms with Gasteiger partial charge in [0.15, 0.2) is 9.84 Å². The van der Waals surface area contributed by atoms with Gasteiger partial charge in [-0.3, -0.25) is 4.79 Å². The Labute approximate surface area is 126 Å². The quantitative estimate of drug-likeness (QED) is 0.829. The molecule has 20 heavy (non-hydrogen) atoms. The van der Waals surface area contributed by atoms with Crippen molar-refractivity contribution in [3.05, 3.63) is 29.8 Å². The Morgan fingerprint density at radius 1 is 1.30 bits per heavy atom. The van der Waals surface area contributed by atoms with Gasteiger partial charge in [0.05, 0.1) is 10.9 Å². The monoisotopic (exact) mass is 320 g/mol. The highest BCUT2D eigenvalue weighted by molar-refractivity contribution is 7.90. The summed E-state index contributed by atoms with van der Waals surface area (Å²) in [5, 5.41) is 2.85. The Morgan fingerprint density at radius 3 is 2.30 bits per heavy atom. The number of sulfone groups is 1. The molecule has 7 heteroatoms. The van der Waals surface area contributed by atoms with Crippen LogP contribution in [0.3, 0.4) is 0 Å². The smallest absolute Gasteiger partial charge is 0.220 e. The van der Waals surface area contributed by atoms with Crippen LogP contribution in [0.25, 0.3) is 0 Å². The van der Waals surface area contributed by atoms with Crippen LogP contribution < -0.4 is 11.1 Å². The van der Waals surface area contributed by atoms with Gasteiger partial charge in [0, 0.05) is 12.7 Å². The van der Waals surface area contributed by atoms with Crippen molar-refractivity contribution < 1.29 is 13.2 Å². The second kappa shape index (κ2) is 8.24. The summed E-state index contributed by atoms with van der Waals surface area (Å²) in [6.07, 6.45) is 2.23. The first kappa shape index (κ1) is 18.9. The molecule has 0 saturated heterocycles. The van der Waals surface area contributed by atoms with Crippen molar-refractivity contribution in [3.63, 3.8) is 0 Å². The van der Waals surface area contributed by atoms with Crippen LogP contribution in [0.2, 0.25) is 0 Å². The maximum absolute atomic E-state index is 11.5. The number of benzene rings is 1. The van der Waals surface area contributed by atoms with E-state index < -0.39 is 9.84 Å². The van der Waals surface area contributed by atoms with Gasteiger partial charge in [-0.25, -0.2) is 8.42 Å². The molecule has 0 spiro atoms. The van der Waals surface area contributed by atoms with Crippen LogP contribution in [-0.4, -0.2) is 27.1 Å². The van der Waals surface area contributed by atoms with Crippen molar-refractivity contribution in [2.24, 2.45) is 5.73 Å². The summed E-state index contributed by atoms with van der Waals surface area (Å²) in [5.41, 5.74) is 6.21. The molecule has 5 nitrogen and oxygen atoms in total. The summed E-state index contributed by atoms with van der Waals surface area (Å²) in [4.78, 5) is 11.8. The van der Waals surface area contributed by atoms with Gasteiger partial charge in [-0.2, -0.15) is 0 Å². The summed E-state index contributed by atoms with van der Waals surface area (Å²) in [6.45, 7) is 2.35. The van der Waals surface area contributed by atoms with Crippen LogP contribution >= 0.6 is 12.4 Å². The van der Waals surface area contributed by atoms with Crippen LogP contribution in [-0.2, 0) is 14.6 Å². The van der Waals surface area contributed by atoms with Gasteiger partial charge in [0.2, 0.25) is 5.91 Å². The predicted octanol–water partition coefficient (Wildman–Crippen LogP) is 1.43. The number of nitrogens with two attached hydrogens (primary N) is 1. The van der Waals surface area contributed by atoms with Crippen LogP contribution in [0.4, 0.5) is 0 Å². The fourth-order valence-corrected chi connectivity index (χ4v) is 2.29. The van der Waals surface area contributed by atoms with Crippen molar-refractivity contribution >= 4 is 28.2 Å². The fraction of sp³-hybridized carbons (Fsp3) is 0.462. The van der Waals surface area contributed by atoms with Crippen LogP contribution in [0, 0.1) is 0 Å². The van der Waals surface area contributed by atoms with E-state index in [4.69, 9.17) is 5.73 Å². The molecular weight excluding hydrogens is 300 g/mol. The van der Waals surface area contributed by atoms with E-state index in [9.17, 15) is 13.2 Å². The second-order valence-electron chi connectivity index (χ2n) is 4.52. The normalized spacial score (nSPS) is 12.3. The molecule has 3 N–H and O–H groups in total. The molecule has 0 fully saturated rings. The van der Waals surface area contributed by atoms with E-state index in [1.807, 2.05) is 6.92 Å². The minimum absolute atomic E-state index is 0. The zero-order valence-electron chi connectivity index (χ0n) is 11.6. The lowest BCUT2D eigenvalue weighted by Crippen LogP contribution is -2.26. The molecule has 1 rings (SSSR count). The Hall–Kier alpha value is -1.11. The SMILES string of the molecule is CC(NC(=O)CCCN)c1ccc(S(C)(=O)=O)cc1.Cl. The maximum atomic E-state index is 11.5. The van der Waals surface area contributed by atoms with Gasteiger partial charge in [-0.1, -0.05) is 12.1 Å². The van der Waals surface area contributed by atoms with Gasteiger partial charge in [0.1, 0.15) is 0 Å². The highest BCUT2D eigenvalue weighted by Gasteiger charge is 2.11. The minimum Gasteiger partial charge on any atom is -0.350 e. The first-order valence-electron chi connectivity index (χ1n) is 6.14. The lowest BCUT2D eigenvalue weighted by Gasteiger charge is -2.14. The van der Waals surface area contributed by atoms with E-state index in [1.165, 1.54) is 6.26 Å². The molecule has 0 aliphatic rings. The zero-order valence-corrected chi connectivity index (χ0v) is 13.3. The van der Waals surface area contributed by atoms with E-state index in [0.717, 1.165) is 5.56 Å². The lowest BCUT2D eigenvalue weighted by molar-refractivity contribution is -0.121. The zero-order chi connectivity index (χ0) is 14.5. The third-order valence-corrected chi connectivity index (χ3v) is 3.92. The number of hydrogen-bond acceptors (Lipinski definition) is 4. The highest BCUT2D eigenvalue weighted by Crippen LogP contribution is 2.16. The number of rotatable bonds is 6. The van der Waals surface area contributed by atoms with E-state index in [-0.39, 0.29) is 29.3 Å². The van der Waals surface area contributed by atoms with Gasteiger partial charge < -0.3 is 11.1 Å². The minimum atomic E-state index is -3.18. The van der Waals surface area contributed by atoms with Gasteiger partial charge in [0.25, 0.3) is 0 Å². The first-order chi connectivity index (χ1) is 8.84.